The molecular weight excluding hydrogens is 592 g/mol. The fraction of sp³-hybridized carbons (Fsp3) is 0.641. The Balaban J connectivity index is 1.08. The maximum atomic E-state index is 15.4. The van der Waals surface area contributed by atoms with Gasteiger partial charge in [0.25, 0.3) is 0 Å². The van der Waals surface area contributed by atoms with Crippen LogP contribution in [0.15, 0.2) is 48.6 Å². The Hall–Kier alpha value is -2.38. The van der Waals surface area contributed by atoms with Crippen molar-refractivity contribution in [3.8, 4) is 5.75 Å². The lowest BCUT2D eigenvalue weighted by atomic mass is 9.76. The van der Waals surface area contributed by atoms with Gasteiger partial charge in [0.2, 0.25) is 0 Å². The zero-order valence-electron chi connectivity index (χ0n) is 27.6. The Labute approximate surface area is 273 Å². The van der Waals surface area contributed by atoms with Crippen molar-refractivity contribution >= 4 is 0 Å². The van der Waals surface area contributed by atoms with Crippen molar-refractivity contribution in [1.82, 2.24) is 0 Å². The van der Waals surface area contributed by atoms with E-state index in [-0.39, 0.29) is 36.6 Å². The topological polar surface area (TPSA) is 27.7 Å². The molecule has 0 bridgehead atoms. The summed E-state index contributed by atoms with van der Waals surface area (Å²) in [6.07, 6.45) is 11.7. The van der Waals surface area contributed by atoms with E-state index < -0.39 is 17.8 Å². The maximum absolute atomic E-state index is 15.4. The van der Waals surface area contributed by atoms with Crippen LogP contribution in [0, 0.1) is 29.4 Å². The molecule has 3 nitrogen and oxygen atoms in total. The average Bonchev–Trinajstić information content (AvgIpc) is 3.06. The fourth-order valence-electron chi connectivity index (χ4n) is 7.71. The summed E-state index contributed by atoms with van der Waals surface area (Å²) in [6, 6.07) is 9.58. The Morgan fingerprint density at radius 2 is 1.57 bits per heavy atom. The monoisotopic (exact) mass is 644 g/mol. The smallest absolute Gasteiger partial charge is 0.400 e. The van der Waals surface area contributed by atoms with E-state index in [1.54, 1.807) is 6.07 Å². The number of rotatable bonds is 13. The number of hydrogen-bond acceptors (Lipinski definition) is 3. The van der Waals surface area contributed by atoms with Gasteiger partial charge < -0.3 is 14.2 Å². The molecule has 3 aliphatic rings. The third-order valence-electron chi connectivity index (χ3n) is 10.6. The highest BCUT2D eigenvalue weighted by Gasteiger charge is 2.44. The number of unbranched alkanes of at least 4 members (excludes halogenated alkanes) is 2. The lowest BCUT2D eigenvalue weighted by Crippen LogP contribution is -2.38. The molecule has 1 saturated heterocycles. The van der Waals surface area contributed by atoms with Crippen LogP contribution in [0.25, 0.3) is 0 Å². The lowest BCUT2D eigenvalue weighted by molar-refractivity contribution is -0.229. The predicted molar refractivity (Wildman–Crippen MR) is 174 cm³/mol. The molecule has 0 N–H and O–H groups in total. The highest BCUT2D eigenvalue weighted by atomic mass is 19.3. The van der Waals surface area contributed by atoms with Gasteiger partial charge in [-0.25, -0.2) is 8.78 Å². The summed E-state index contributed by atoms with van der Waals surface area (Å²) in [5.41, 5.74) is 2.12. The standard InChI is InChI=1S/C39H52F4O3/c1-3-5-7-9-27-25-44-38(45-26-27)31-13-11-28(12-14-31)32-18-22-35(37(41)23-32)29-15-19-33(20-16-29)39(42,43)46-34-21-17-30(36(40)24-34)10-8-6-4-2/h4,6,17-18,21-24,27-29,31,33,38H,3,5,7-16,19-20,25-26H2,1-2H3/b6-4+. The second-order valence-corrected chi connectivity index (χ2v) is 13.9. The first kappa shape index (κ1) is 34.9. The van der Waals surface area contributed by atoms with Crippen molar-refractivity contribution in [2.75, 3.05) is 13.2 Å². The summed E-state index contributed by atoms with van der Waals surface area (Å²) in [5, 5.41) is 0. The molecule has 2 saturated carbocycles. The van der Waals surface area contributed by atoms with Crippen molar-refractivity contribution in [2.24, 2.45) is 17.8 Å². The Morgan fingerprint density at radius 3 is 2.22 bits per heavy atom. The van der Waals surface area contributed by atoms with Gasteiger partial charge in [0.05, 0.1) is 19.1 Å². The summed E-state index contributed by atoms with van der Waals surface area (Å²) in [5.74, 6) is -0.825. The van der Waals surface area contributed by atoms with Crippen LogP contribution in [0.1, 0.15) is 126 Å². The number of hydrogen-bond donors (Lipinski definition) is 0. The predicted octanol–water partition coefficient (Wildman–Crippen LogP) is 11.3. The second-order valence-electron chi connectivity index (χ2n) is 13.9. The van der Waals surface area contributed by atoms with Gasteiger partial charge in [-0.1, -0.05) is 56.5 Å². The van der Waals surface area contributed by atoms with E-state index in [4.69, 9.17) is 14.2 Å². The van der Waals surface area contributed by atoms with E-state index in [1.807, 2.05) is 31.2 Å². The Bertz CT molecular complexity index is 1260. The first-order valence-electron chi connectivity index (χ1n) is 17.8. The molecule has 1 aliphatic heterocycles. The molecule has 2 aromatic carbocycles. The van der Waals surface area contributed by atoms with Gasteiger partial charge in [0.1, 0.15) is 17.4 Å². The van der Waals surface area contributed by atoms with Crippen LogP contribution in [-0.4, -0.2) is 25.6 Å². The molecule has 254 valence electrons. The summed E-state index contributed by atoms with van der Waals surface area (Å²) in [7, 11) is 0. The molecule has 3 fully saturated rings. The largest absolute Gasteiger partial charge is 0.432 e. The maximum Gasteiger partial charge on any atom is 0.400 e. The summed E-state index contributed by atoms with van der Waals surface area (Å²) in [6.45, 7) is 5.70. The normalized spacial score (nSPS) is 27.6. The van der Waals surface area contributed by atoms with Crippen LogP contribution in [0.2, 0.25) is 0 Å². The molecule has 0 aromatic heterocycles. The molecule has 0 radical (unpaired) electrons. The van der Waals surface area contributed by atoms with Crippen molar-refractivity contribution in [2.45, 2.75) is 128 Å². The van der Waals surface area contributed by atoms with Crippen LogP contribution < -0.4 is 4.74 Å². The zero-order valence-corrected chi connectivity index (χ0v) is 27.6. The number of benzene rings is 2. The molecule has 0 unspecified atom stereocenters. The number of halogens is 4. The van der Waals surface area contributed by atoms with E-state index in [2.05, 4.69) is 6.92 Å². The Kier molecular flexibility index (Phi) is 12.6. The van der Waals surface area contributed by atoms with E-state index >= 15 is 13.2 Å². The van der Waals surface area contributed by atoms with E-state index in [0.717, 1.165) is 50.5 Å². The molecule has 0 amide bonds. The number of ether oxygens (including phenoxy) is 3. The minimum Gasteiger partial charge on any atom is -0.432 e. The highest BCUT2D eigenvalue weighted by Crippen LogP contribution is 2.45. The van der Waals surface area contributed by atoms with Crippen LogP contribution in [0.4, 0.5) is 17.6 Å². The summed E-state index contributed by atoms with van der Waals surface area (Å²) in [4.78, 5) is 0. The lowest BCUT2D eigenvalue weighted by Gasteiger charge is -2.38. The van der Waals surface area contributed by atoms with Gasteiger partial charge in [-0.3, -0.25) is 0 Å². The van der Waals surface area contributed by atoms with Crippen molar-refractivity contribution in [1.29, 1.82) is 0 Å². The number of aryl methyl sites for hydroxylation is 1. The number of allylic oxidation sites excluding steroid dienone is 2. The van der Waals surface area contributed by atoms with Gasteiger partial charge in [0, 0.05) is 17.9 Å². The molecule has 1 heterocycles. The molecule has 2 aromatic rings. The molecule has 2 aliphatic carbocycles. The molecule has 5 rings (SSSR count). The van der Waals surface area contributed by atoms with Gasteiger partial charge in [-0.05, 0) is 118 Å². The second kappa shape index (κ2) is 16.6. The van der Waals surface area contributed by atoms with Crippen LogP contribution in [-0.2, 0) is 15.9 Å². The summed E-state index contributed by atoms with van der Waals surface area (Å²) >= 11 is 0. The first-order chi connectivity index (χ1) is 22.3. The molecule has 0 atom stereocenters. The van der Waals surface area contributed by atoms with Gasteiger partial charge >= 0.3 is 6.11 Å². The quantitative estimate of drug-likeness (QED) is 0.123. The van der Waals surface area contributed by atoms with Crippen LogP contribution in [0.5, 0.6) is 5.75 Å². The van der Waals surface area contributed by atoms with Crippen molar-refractivity contribution in [3.63, 3.8) is 0 Å². The third-order valence-corrected chi connectivity index (χ3v) is 10.6. The van der Waals surface area contributed by atoms with Crippen LogP contribution in [0.3, 0.4) is 0 Å². The Morgan fingerprint density at radius 1 is 0.848 bits per heavy atom. The zero-order chi connectivity index (χ0) is 32.5. The van der Waals surface area contributed by atoms with Crippen LogP contribution >= 0.6 is 0 Å². The molecule has 7 heteroatoms. The SMILES string of the molecule is C/C=C/CCc1ccc(OC(F)(F)C2CCC(c3ccc(C4CCC(C5OCC(CCCCC)CO5)CC4)cc3F)CC2)cc1F. The van der Waals surface area contributed by atoms with Gasteiger partial charge in [-0.15, -0.1) is 0 Å². The minimum absolute atomic E-state index is 0.0999. The molecule has 46 heavy (non-hydrogen) atoms. The number of alkyl halides is 2. The van der Waals surface area contributed by atoms with E-state index in [0.29, 0.717) is 54.6 Å². The van der Waals surface area contributed by atoms with Gasteiger partial charge in [-0.2, -0.15) is 8.78 Å². The van der Waals surface area contributed by atoms with Crippen molar-refractivity contribution in [3.05, 3.63) is 76.9 Å². The molecular formula is C39H52F4O3. The first-order valence-corrected chi connectivity index (χ1v) is 17.8. The highest BCUT2D eigenvalue weighted by molar-refractivity contribution is 5.31. The van der Waals surface area contributed by atoms with E-state index in [1.165, 1.54) is 37.8 Å². The summed E-state index contributed by atoms with van der Waals surface area (Å²) < 4.78 is 77.5. The average molecular weight is 645 g/mol. The third kappa shape index (κ3) is 9.15. The van der Waals surface area contributed by atoms with Crippen molar-refractivity contribution < 1.29 is 31.8 Å². The van der Waals surface area contributed by atoms with E-state index in [9.17, 15) is 4.39 Å². The van der Waals surface area contributed by atoms with Gasteiger partial charge in [0.15, 0.2) is 6.29 Å². The minimum atomic E-state index is -3.42. The fourth-order valence-corrected chi connectivity index (χ4v) is 7.71. The molecule has 0 spiro atoms.